The summed E-state index contributed by atoms with van der Waals surface area (Å²) in [5.41, 5.74) is 1.21. The Balaban J connectivity index is 2.50. The molecule has 4 nitrogen and oxygen atoms in total. The van der Waals surface area contributed by atoms with E-state index < -0.39 is 0 Å². The lowest BCUT2D eigenvalue weighted by Crippen LogP contribution is -2.27. The molecule has 0 aliphatic heterocycles. The number of aryl methyl sites for hydroxylation is 3. The van der Waals surface area contributed by atoms with Crippen LogP contribution >= 0.6 is 23.1 Å². The van der Waals surface area contributed by atoms with Gasteiger partial charge >= 0.3 is 0 Å². The highest BCUT2D eigenvalue weighted by Gasteiger charge is 2.19. The second-order valence-corrected chi connectivity index (χ2v) is 6.95. The van der Waals surface area contributed by atoms with Crippen LogP contribution in [0.15, 0.2) is 5.03 Å². The maximum absolute atomic E-state index is 11.7. The molecule has 0 aliphatic carbocycles. The maximum atomic E-state index is 11.7. The number of carbonyl (C=O) groups excluding carboxylic acids is 1. The summed E-state index contributed by atoms with van der Waals surface area (Å²) in [5.74, 6) is 0.763. The van der Waals surface area contributed by atoms with Gasteiger partial charge in [0, 0.05) is 17.3 Å². The highest BCUT2D eigenvalue weighted by molar-refractivity contribution is 8.00. The molecule has 0 fully saturated rings. The summed E-state index contributed by atoms with van der Waals surface area (Å²) < 4.78 is 0. The van der Waals surface area contributed by atoms with Gasteiger partial charge in [-0.05, 0) is 33.3 Å². The molecule has 0 saturated carbocycles. The quantitative estimate of drug-likeness (QED) is 0.699. The van der Waals surface area contributed by atoms with Crippen molar-refractivity contribution in [1.29, 1.82) is 0 Å². The van der Waals surface area contributed by atoms with E-state index in [1.165, 1.54) is 22.2 Å². The molecule has 2 heterocycles. The minimum absolute atomic E-state index is 0.0130. The van der Waals surface area contributed by atoms with Gasteiger partial charge in [0.15, 0.2) is 0 Å². The molecule has 0 radical (unpaired) electrons. The summed E-state index contributed by atoms with van der Waals surface area (Å²) >= 11 is 3.17. The molecular formula is C13H17N3OS2. The van der Waals surface area contributed by atoms with Gasteiger partial charge in [0.25, 0.3) is 0 Å². The summed E-state index contributed by atoms with van der Waals surface area (Å²) in [4.78, 5) is 22.9. The third kappa shape index (κ3) is 2.74. The van der Waals surface area contributed by atoms with Crippen molar-refractivity contribution in [2.75, 3.05) is 7.05 Å². The zero-order valence-electron chi connectivity index (χ0n) is 11.7. The van der Waals surface area contributed by atoms with Crippen LogP contribution < -0.4 is 5.32 Å². The van der Waals surface area contributed by atoms with Crippen LogP contribution in [-0.2, 0) is 4.79 Å². The minimum Gasteiger partial charge on any atom is -0.358 e. The van der Waals surface area contributed by atoms with Gasteiger partial charge in [0.2, 0.25) is 5.91 Å². The molecule has 2 rings (SSSR count). The Morgan fingerprint density at radius 3 is 2.63 bits per heavy atom. The number of hydrogen-bond donors (Lipinski definition) is 1. The Kier molecular flexibility index (Phi) is 4.10. The van der Waals surface area contributed by atoms with Crippen LogP contribution in [0, 0.1) is 20.8 Å². The number of nitrogens with zero attached hydrogens (tertiary/aromatic N) is 2. The van der Waals surface area contributed by atoms with Crippen LogP contribution in [0.2, 0.25) is 0 Å². The first-order chi connectivity index (χ1) is 8.93. The van der Waals surface area contributed by atoms with Crippen molar-refractivity contribution in [1.82, 2.24) is 15.3 Å². The fourth-order valence-electron chi connectivity index (χ4n) is 1.82. The van der Waals surface area contributed by atoms with E-state index in [2.05, 4.69) is 29.1 Å². The van der Waals surface area contributed by atoms with Crippen LogP contribution in [0.5, 0.6) is 0 Å². The van der Waals surface area contributed by atoms with Crippen LogP contribution in [0.25, 0.3) is 10.2 Å². The summed E-state index contributed by atoms with van der Waals surface area (Å²) in [6, 6.07) is 0. The standard InChI is InChI=1S/C13H17N3OS2/c1-6-7(2)18-12-10(6)13(16-9(4)15-12)19-8(3)11(17)14-5/h8H,1-5H3,(H,14,17). The van der Waals surface area contributed by atoms with Gasteiger partial charge < -0.3 is 5.32 Å². The monoisotopic (exact) mass is 295 g/mol. The topological polar surface area (TPSA) is 54.9 Å². The summed E-state index contributed by atoms with van der Waals surface area (Å²) in [6.07, 6.45) is 0. The third-order valence-corrected chi connectivity index (χ3v) is 5.20. The second kappa shape index (κ2) is 5.46. The van der Waals surface area contributed by atoms with Gasteiger partial charge in [-0.25, -0.2) is 9.97 Å². The van der Waals surface area contributed by atoms with Crippen LogP contribution in [0.1, 0.15) is 23.2 Å². The van der Waals surface area contributed by atoms with Gasteiger partial charge in [-0.2, -0.15) is 0 Å². The summed E-state index contributed by atoms with van der Waals surface area (Å²) in [6.45, 7) is 7.95. The Bertz CT molecular complexity index is 636. The highest BCUT2D eigenvalue weighted by atomic mass is 32.2. The van der Waals surface area contributed by atoms with E-state index in [1.807, 2.05) is 13.8 Å². The summed E-state index contributed by atoms with van der Waals surface area (Å²) in [5, 5.41) is 4.50. The average Bonchev–Trinajstić information content (AvgIpc) is 2.63. The van der Waals surface area contributed by atoms with Crippen molar-refractivity contribution < 1.29 is 4.79 Å². The SMILES string of the molecule is CNC(=O)C(C)Sc1nc(C)nc2sc(C)c(C)c12. The number of rotatable bonds is 3. The number of carbonyl (C=O) groups is 1. The molecule has 1 amide bonds. The molecule has 2 aromatic heterocycles. The fourth-order valence-corrected chi connectivity index (χ4v) is 4.08. The minimum atomic E-state index is -0.165. The van der Waals surface area contributed by atoms with Crippen LogP contribution in [0.4, 0.5) is 0 Å². The van der Waals surface area contributed by atoms with Crippen molar-refractivity contribution in [3.8, 4) is 0 Å². The third-order valence-electron chi connectivity index (χ3n) is 3.01. The van der Waals surface area contributed by atoms with Gasteiger partial charge in [-0.15, -0.1) is 11.3 Å². The number of fused-ring (bicyclic) bond motifs is 1. The van der Waals surface area contributed by atoms with Gasteiger partial charge in [0.1, 0.15) is 15.7 Å². The maximum Gasteiger partial charge on any atom is 0.233 e. The van der Waals surface area contributed by atoms with E-state index in [0.29, 0.717) is 0 Å². The number of hydrogen-bond acceptors (Lipinski definition) is 5. The lowest BCUT2D eigenvalue weighted by atomic mass is 10.2. The van der Waals surface area contributed by atoms with Crippen molar-refractivity contribution >= 4 is 39.2 Å². The van der Waals surface area contributed by atoms with Crippen LogP contribution in [-0.4, -0.2) is 28.2 Å². The Morgan fingerprint density at radius 2 is 2.00 bits per heavy atom. The zero-order chi connectivity index (χ0) is 14.2. The van der Waals surface area contributed by atoms with Crippen LogP contribution in [0.3, 0.4) is 0 Å². The number of aromatic nitrogens is 2. The molecule has 1 N–H and O–H groups in total. The van der Waals surface area contributed by atoms with E-state index in [0.717, 1.165) is 21.1 Å². The molecule has 102 valence electrons. The zero-order valence-corrected chi connectivity index (χ0v) is 13.3. The number of thioether (sulfide) groups is 1. The number of amides is 1. The Morgan fingerprint density at radius 1 is 1.32 bits per heavy atom. The highest BCUT2D eigenvalue weighted by Crippen LogP contribution is 2.36. The lowest BCUT2D eigenvalue weighted by Gasteiger charge is -2.10. The van der Waals surface area contributed by atoms with E-state index >= 15 is 0 Å². The molecule has 0 spiro atoms. The average molecular weight is 295 g/mol. The molecule has 0 aromatic carbocycles. The van der Waals surface area contributed by atoms with Gasteiger partial charge in [0.05, 0.1) is 5.25 Å². The van der Waals surface area contributed by atoms with Crippen molar-refractivity contribution in [3.63, 3.8) is 0 Å². The molecule has 6 heteroatoms. The molecular weight excluding hydrogens is 278 g/mol. The first-order valence-corrected chi connectivity index (χ1v) is 7.76. The molecule has 0 bridgehead atoms. The Hall–Kier alpha value is -1.14. The molecule has 2 aromatic rings. The molecule has 1 unspecified atom stereocenters. The largest absolute Gasteiger partial charge is 0.358 e. The number of thiophene rings is 1. The van der Waals surface area contributed by atoms with Crippen molar-refractivity contribution in [2.45, 2.75) is 38.0 Å². The predicted molar refractivity (Wildman–Crippen MR) is 81.0 cm³/mol. The lowest BCUT2D eigenvalue weighted by molar-refractivity contribution is -0.119. The van der Waals surface area contributed by atoms with Gasteiger partial charge in [-0.1, -0.05) is 11.8 Å². The molecule has 19 heavy (non-hydrogen) atoms. The molecule has 0 saturated heterocycles. The fraction of sp³-hybridized carbons (Fsp3) is 0.462. The number of nitrogens with one attached hydrogen (secondary N) is 1. The smallest absolute Gasteiger partial charge is 0.233 e. The molecule has 1 atom stereocenters. The first-order valence-electron chi connectivity index (χ1n) is 6.06. The first kappa shape index (κ1) is 14.3. The molecule has 0 aliphatic rings. The van der Waals surface area contributed by atoms with Crippen molar-refractivity contribution in [2.24, 2.45) is 0 Å². The predicted octanol–water partition coefficient (Wildman–Crippen LogP) is 2.84. The van der Waals surface area contributed by atoms with E-state index in [-0.39, 0.29) is 11.2 Å². The Labute approximate surface area is 121 Å². The normalized spacial score (nSPS) is 12.7. The second-order valence-electron chi connectivity index (χ2n) is 4.41. The van der Waals surface area contributed by atoms with Gasteiger partial charge in [-0.3, -0.25) is 4.79 Å². The summed E-state index contributed by atoms with van der Waals surface area (Å²) in [7, 11) is 1.65. The van der Waals surface area contributed by atoms with E-state index in [1.54, 1.807) is 18.4 Å². The van der Waals surface area contributed by atoms with E-state index in [9.17, 15) is 4.79 Å². The van der Waals surface area contributed by atoms with E-state index in [4.69, 9.17) is 0 Å². The van der Waals surface area contributed by atoms with Crippen molar-refractivity contribution in [3.05, 3.63) is 16.3 Å².